The average molecular weight is 249 g/mol. The topological polar surface area (TPSA) is 33.6 Å². The molecule has 2 fully saturated rings. The number of rotatable bonds is 4. The lowest BCUT2D eigenvalue weighted by Gasteiger charge is -2.34. The Labute approximate surface area is 109 Å². The van der Waals surface area contributed by atoms with Crippen LogP contribution in [0.1, 0.15) is 44.5 Å². The van der Waals surface area contributed by atoms with E-state index in [0.29, 0.717) is 18.1 Å². The minimum Gasteiger partial charge on any atom is -0.372 e. The summed E-state index contributed by atoms with van der Waals surface area (Å²) in [5.74, 6) is 1.73. The molecule has 0 saturated carbocycles. The predicted molar refractivity (Wildman–Crippen MR) is 70.8 cm³/mol. The van der Waals surface area contributed by atoms with Crippen molar-refractivity contribution in [3.63, 3.8) is 0 Å². The third kappa shape index (κ3) is 2.59. The monoisotopic (exact) mass is 249 g/mol. The van der Waals surface area contributed by atoms with E-state index < -0.39 is 0 Å². The number of aromatic nitrogens is 2. The number of nitrogens with zero attached hydrogens (tertiary/aromatic N) is 3. The predicted octanol–water partition coefficient (Wildman–Crippen LogP) is 2.04. The van der Waals surface area contributed by atoms with E-state index in [9.17, 15) is 0 Å². The number of imidazole rings is 1. The first-order chi connectivity index (χ1) is 8.74. The first-order valence-electron chi connectivity index (χ1n) is 7.10. The molecular formula is C14H23N3O. The van der Waals surface area contributed by atoms with Crippen LogP contribution in [-0.4, -0.2) is 46.8 Å². The first kappa shape index (κ1) is 12.2. The maximum absolute atomic E-state index is 5.34. The highest BCUT2D eigenvalue weighted by molar-refractivity contribution is 5.01. The molecular weight excluding hydrogens is 226 g/mol. The number of likely N-dealkylation sites (tertiary alicyclic amines) is 1. The molecule has 2 aliphatic rings. The summed E-state index contributed by atoms with van der Waals surface area (Å²) in [5, 5.41) is 0. The Morgan fingerprint density at radius 3 is 3.06 bits per heavy atom. The highest BCUT2D eigenvalue weighted by Crippen LogP contribution is 2.26. The lowest BCUT2D eigenvalue weighted by molar-refractivity contribution is 0.162. The van der Waals surface area contributed by atoms with Gasteiger partial charge in [-0.15, -0.1) is 0 Å². The largest absolute Gasteiger partial charge is 0.372 e. The number of epoxide rings is 1. The summed E-state index contributed by atoms with van der Waals surface area (Å²) in [5.41, 5.74) is 0. The van der Waals surface area contributed by atoms with Crippen molar-refractivity contribution < 1.29 is 4.74 Å². The summed E-state index contributed by atoms with van der Waals surface area (Å²) < 4.78 is 7.73. The van der Waals surface area contributed by atoms with Crippen LogP contribution < -0.4 is 0 Å². The average Bonchev–Trinajstić information content (AvgIpc) is 3.03. The van der Waals surface area contributed by atoms with Crippen LogP contribution in [0.5, 0.6) is 0 Å². The highest BCUT2D eigenvalue weighted by atomic mass is 16.6. The van der Waals surface area contributed by atoms with Crippen molar-refractivity contribution in [3.05, 3.63) is 18.2 Å². The van der Waals surface area contributed by atoms with Crippen LogP contribution in [0.2, 0.25) is 0 Å². The molecule has 0 spiro atoms. The maximum Gasteiger partial charge on any atom is 0.111 e. The molecule has 0 radical (unpaired) electrons. The van der Waals surface area contributed by atoms with E-state index >= 15 is 0 Å². The second-order valence-electron chi connectivity index (χ2n) is 5.86. The lowest BCUT2D eigenvalue weighted by Crippen LogP contribution is -2.39. The van der Waals surface area contributed by atoms with Gasteiger partial charge in [-0.2, -0.15) is 0 Å². The van der Waals surface area contributed by atoms with Gasteiger partial charge >= 0.3 is 0 Å². The summed E-state index contributed by atoms with van der Waals surface area (Å²) in [6.45, 7) is 8.89. The van der Waals surface area contributed by atoms with Gasteiger partial charge in [-0.25, -0.2) is 4.98 Å². The molecule has 100 valence electrons. The van der Waals surface area contributed by atoms with Gasteiger partial charge in [0.2, 0.25) is 0 Å². The summed E-state index contributed by atoms with van der Waals surface area (Å²) in [4.78, 5) is 7.06. The standard InChI is InChI=1S/C14H23N3O/c1-11(2)14-15-5-7-17(14)12-4-3-6-16(8-12)9-13-10-18-13/h5,7,11-13H,3-4,6,8-10H2,1-2H3/t12-,13-/m1/s1. The minimum atomic E-state index is 0.502. The SMILES string of the molecule is CC(C)c1nccn1[C@@H]1CCCN(C[C@@H]2CO2)C1. The number of piperidine rings is 1. The third-order valence-electron chi connectivity index (χ3n) is 3.95. The Bertz CT molecular complexity index is 397. The fraction of sp³-hybridized carbons (Fsp3) is 0.786. The zero-order chi connectivity index (χ0) is 12.5. The second kappa shape index (κ2) is 5.02. The third-order valence-corrected chi connectivity index (χ3v) is 3.95. The van der Waals surface area contributed by atoms with Crippen LogP contribution in [0.4, 0.5) is 0 Å². The molecule has 0 aromatic carbocycles. The van der Waals surface area contributed by atoms with E-state index in [1.54, 1.807) is 0 Å². The van der Waals surface area contributed by atoms with Gasteiger partial charge in [-0.05, 0) is 19.4 Å². The van der Waals surface area contributed by atoms with Crippen LogP contribution in [0, 0.1) is 0 Å². The van der Waals surface area contributed by atoms with Crippen molar-refractivity contribution >= 4 is 0 Å². The molecule has 2 aliphatic heterocycles. The van der Waals surface area contributed by atoms with Gasteiger partial charge in [-0.1, -0.05) is 13.8 Å². The van der Waals surface area contributed by atoms with Gasteiger partial charge in [0.25, 0.3) is 0 Å². The maximum atomic E-state index is 5.34. The zero-order valence-corrected chi connectivity index (χ0v) is 11.4. The molecule has 0 aliphatic carbocycles. The second-order valence-corrected chi connectivity index (χ2v) is 5.86. The van der Waals surface area contributed by atoms with E-state index in [0.717, 1.165) is 19.7 Å². The smallest absolute Gasteiger partial charge is 0.111 e. The molecule has 18 heavy (non-hydrogen) atoms. The van der Waals surface area contributed by atoms with E-state index in [1.165, 1.54) is 25.2 Å². The van der Waals surface area contributed by atoms with Gasteiger partial charge in [0, 0.05) is 37.4 Å². The first-order valence-corrected chi connectivity index (χ1v) is 7.10. The van der Waals surface area contributed by atoms with Crippen molar-refractivity contribution in [1.29, 1.82) is 0 Å². The van der Waals surface area contributed by atoms with Crippen LogP contribution in [0.25, 0.3) is 0 Å². The molecule has 4 nitrogen and oxygen atoms in total. The molecule has 3 heterocycles. The van der Waals surface area contributed by atoms with Crippen molar-refractivity contribution in [2.75, 3.05) is 26.2 Å². The van der Waals surface area contributed by atoms with Crippen molar-refractivity contribution in [2.24, 2.45) is 0 Å². The number of hydrogen-bond acceptors (Lipinski definition) is 3. The molecule has 2 saturated heterocycles. The lowest BCUT2D eigenvalue weighted by atomic mass is 10.0. The normalized spacial score (nSPS) is 28.8. The fourth-order valence-corrected chi connectivity index (χ4v) is 2.97. The van der Waals surface area contributed by atoms with Gasteiger partial charge in [0.15, 0.2) is 0 Å². The molecule has 1 aromatic heterocycles. The molecule has 0 N–H and O–H groups in total. The van der Waals surface area contributed by atoms with Gasteiger partial charge in [0.1, 0.15) is 5.82 Å². The van der Waals surface area contributed by atoms with Crippen LogP contribution in [-0.2, 0) is 4.74 Å². The van der Waals surface area contributed by atoms with Crippen molar-refractivity contribution in [1.82, 2.24) is 14.5 Å². The molecule has 1 aromatic rings. The van der Waals surface area contributed by atoms with Crippen LogP contribution >= 0.6 is 0 Å². The Balaban J connectivity index is 1.68. The Morgan fingerprint density at radius 2 is 2.33 bits per heavy atom. The summed E-state index contributed by atoms with van der Waals surface area (Å²) in [7, 11) is 0. The molecule has 0 amide bonds. The summed E-state index contributed by atoms with van der Waals surface area (Å²) >= 11 is 0. The van der Waals surface area contributed by atoms with Gasteiger partial charge in [0.05, 0.1) is 12.7 Å². The van der Waals surface area contributed by atoms with Crippen molar-refractivity contribution in [2.45, 2.75) is 44.8 Å². The fourth-order valence-electron chi connectivity index (χ4n) is 2.97. The Morgan fingerprint density at radius 1 is 1.50 bits per heavy atom. The molecule has 4 heteroatoms. The van der Waals surface area contributed by atoms with Gasteiger partial charge < -0.3 is 9.30 Å². The number of hydrogen-bond donors (Lipinski definition) is 0. The van der Waals surface area contributed by atoms with E-state index in [2.05, 4.69) is 34.5 Å². The van der Waals surface area contributed by atoms with E-state index in [4.69, 9.17) is 4.74 Å². The minimum absolute atomic E-state index is 0.502. The molecule has 2 atom stereocenters. The molecule has 3 rings (SSSR count). The molecule has 0 bridgehead atoms. The Hall–Kier alpha value is -0.870. The van der Waals surface area contributed by atoms with Crippen LogP contribution in [0.15, 0.2) is 12.4 Å². The highest BCUT2D eigenvalue weighted by Gasteiger charge is 2.29. The number of ether oxygens (including phenoxy) is 1. The summed E-state index contributed by atoms with van der Waals surface area (Å²) in [6.07, 6.45) is 7.16. The van der Waals surface area contributed by atoms with Gasteiger partial charge in [-0.3, -0.25) is 4.90 Å². The van der Waals surface area contributed by atoms with E-state index in [-0.39, 0.29) is 0 Å². The quantitative estimate of drug-likeness (QED) is 0.766. The van der Waals surface area contributed by atoms with E-state index in [1.807, 2.05) is 6.20 Å². The van der Waals surface area contributed by atoms with Crippen LogP contribution in [0.3, 0.4) is 0 Å². The summed E-state index contributed by atoms with van der Waals surface area (Å²) in [6, 6.07) is 0.595. The van der Waals surface area contributed by atoms with Crippen molar-refractivity contribution in [3.8, 4) is 0 Å². The molecule has 0 unspecified atom stereocenters. The zero-order valence-electron chi connectivity index (χ0n) is 11.4. The Kier molecular flexibility index (Phi) is 3.39.